The molecule has 3 rings (SSSR count). The van der Waals surface area contributed by atoms with E-state index < -0.39 is 28.7 Å². The van der Waals surface area contributed by atoms with Gasteiger partial charge in [0.15, 0.2) is 0 Å². The highest BCUT2D eigenvalue weighted by Crippen LogP contribution is 2.28. The molecule has 27 heavy (non-hydrogen) atoms. The van der Waals surface area contributed by atoms with Crippen LogP contribution in [0, 0.1) is 15.9 Å². The van der Waals surface area contributed by atoms with Crippen LogP contribution in [0.3, 0.4) is 0 Å². The minimum absolute atomic E-state index is 0.171. The third-order valence-electron chi connectivity index (χ3n) is 4.01. The quantitative estimate of drug-likeness (QED) is 0.567. The van der Waals surface area contributed by atoms with Crippen molar-refractivity contribution >= 4 is 23.3 Å². The molecule has 1 aliphatic heterocycles. The average Bonchev–Trinajstić information content (AvgIpc) is 2.61. The van der Waals surface area contributed by atoms with Gasteiger partial charge in [-0.05, 0) is 30.7 Å². The Labute approximate surface area is 153 Å². The summed E-state index contributed by atoms with van der Waals surface area (Å²) in [5.41, 5.74) is 0.927. The lowest BCUT2D eigenvalue weighted by molar-refractivity contribution is -0.384. The van der Waals surface area contributed by atoms with E-state index in [1.165, 1.54) is 42.5 Å². The number of non-ortho nitro benzene ring substituents is 1. The number of urea groups is 1. The Morgan fingerprint density at radius 2 is 1.96 bits per heavy atom. The van der Waals surface area contributed by atoms with E-state index in [2.05, 4.69) is 16.0 Å². The number of hydrogen-bond donors (Lipinski definition) is 3. The second-order valence-electron chi connectivity index (χ2n) is 5.89. The van der Waals surface area contributed by atoms with Crippen LogP contribution in [0.15, 0.2) is 59.8 Å². The summed E-state index contributed by atoms with van der Waals surface area (Å²) in [6.45, 7) is 1.55. The molecular weight excluding hydrogens is 355 g/mol. The number of hydrogen-bond acceptors (Lipinski definition) is 4. The molecule has 1 atom stereocenters. The summed E-state index contributed by atoms with van der Waals surface area (Å²) in [5.74, 6) is -1.08. The van der Waals surface area contributed by atoms with Gasteiger partial charge in [-0.25, -0.2) is 9.18 Å². The molecule has 0 saturated carbocycles. The minimum atomic E-state index is -0.867. The summed E-state index contributed by atoms with van der Waals surface area (Å²) in [6.07, 6.45) is 0. The summed E-state index contributed by atoms with van der Waals surface area (Å²) in [6, 6.07) is 9.64. The molecule has 1 heterocycles. The fourth-order valence-electron chi connectivity index (χ4n) is 2.83. The van der Waals surface area contributed by atoms with Crippen molar-refractivity contribution in [3.8, 4) is 0 Å². The van der Waals surface area contributed by atoms with Gasteiger partial charge in [-0.2, -0.15) is 0 Å². The van der Waals surface area contributed by atoms with Crippen LogP contribution in [-0.4, -0.2) is 16.9 Å². The van der Waals surface area contributed by atoms with Crippen LogP contribution in [0.1, 0.15) is 18.5 Å². The normalized spacial score (nSPS) is 16.4. The molecular formula is C18H15FN4O4. The summed E-state index contributed by atoms with van der Waals surface area (Å²) < 4.78 is 13.6. The Kier molecular flexibility index (Phi) is 4.84. The summed E-state index contributed by atoms with van der Waals surface area (Å²) in [4.78, 5) is 35.0. The maximum Gasteiger partial charge on any atom is 0.319 e. The number of nitro groups is 1. The Morgan fingerprint density at radius 1 is 1.22 bits per heavy atom. The third kappa shape index (κ3) is 3.92. The summed E-state index contributed by atoms with van der Waals surface area (Å²) in [5, 5.41) is 18.6. The Morgan fingerprint density at radius 3 is 2.67 bits per heavy atom. The lowest BCUT2D eigenvalue weighted by Crippen LogP contribution is -2.46. The summed E-state index contributed by atoms with van der Waals surface area (Å²) >= 11 is 0. The predicted molar refractivity (Wildman–Crippen MR) is 95.2 cm³/mol. The molecule has 0 fully saturated rings. The van der Waals surface area contributed by atoms with Crippen LogP contribution in [-0.2, 0) is 4.79 Å². The van der Waals surface area contributed by atoms with Crippen LogP contribution < -0.4 is 16.0 Å². The number of carbonyl (C=O) groups is 2. The van der Waals surface area contributed by atoms with Gasteiger partial charge < -0.3 is 16.0 Å². The van der Waals surface area contributed by atoms with E-state index in [0.717, 1.165) is 0 Å². The monoisotopic (exact) mass is 370 g/mol. The van der Waals surface area contributed by atoms with Gasteiger partial charge in [0, 0.05) is 23.5 Å². The molecule has 0 saturated heterocycles. The largest absolute Gasteiger partial charge is 0.327 e. The van der Waals surface area contributed by atoms with Crippen molar-refractivity contribution in [2.24, 2.45) is 0 Å². The van der Waals surface area contributed by atoms with Gasteiger partial charge in [0.2, 0.25) is 0 Å². The Bertz CT molecular complexity index is 973. The molecule has 8 nitrogen and oxygen atoms in total. The molecule has 2 aromatic carbocycles. The summed E-state index contributed by atoms with van der Waals surface area (Å²) in [7, 11) is 0. The molecule has 0 aliphatic carbocycles. The molecule has 3 amide bonds. The van der Waals surface area contributed by atoms with Crippen molar-refractivity contribution in [2.75, 3.05) is 5.32 Å². The minimum Gasteiger partial charge on any atom is -0.327 e. The van der Waals surface area contributed by atoms with Crippen molar-refractivity contribution in [3.05, 3.63) is 81.3 Å². The van der Waals surface area contributed by atoms with E-state index in [1.807, 2.05) is 0 Å². The van der Waals surface area contributed by atoms with Gasteiger partial charge in [-0.15, -0.1) is 0 Å². The van der Waals surface area contributed by atoms with Crippen molar-refractivity contribution in [3.63, 3.8) is 0 Å². The fourth-order valence-corrected chi connectivity index (χ4v) is 2.83. The molecule has 3 N–H and O–H groups in total. The van der Waals surface area contributed by atoms with Crippen molar-refractivity contribution < 1.29 is 18.9 Å². The van der Waals surface area contributed by atoms with E-state index in [0.29, 0.717) is 11.3 Å². The van der Waals surface area contributed by atoms with Crippen molar-refractivity contribution in [1.29, 1.82) is 0 Å². The van der Waals surface area contributed by atoms with Crippen molar-refractivity contribution in [1.82, 2.24) is 10.6 Å². The molecule has 0 bridgehead atoms. The highest BCUT2D eigenvalue weighted by Gasteiger charge is 2.31. The second kappa shape index (κ2) is 7.24. The maximum atomic E-state index is 13.6. The van der Waals surface area contributed by atoms with E-state index in [1.54, 1.807) is 13.0 Å². The SMILES string of the molecule is CC1=C(C(=O)Nc2cccc([N+](=O)[O-])c2)[C@@H](c2cccc(F)c2)NC(=O)N1. The number of amides is 3. The first-order valence-electron chi connectivity index (χ1n) is 7.94. The van der Waals surface area contributed by atoms with E-state index in [9.17, 15) is 24.1 Å². The van der Waals surface area contributed by atoms with Gasteiger partial charge in [-0.1, -0.05) is 18.2 Å². The maximum absolute atomic E-state index is 13.6. The van der Waals surface area contributed by atoms with Gasteiger partial charge in [0.25, 0.3) is 11.6 Å². The third-order valence-corrected chi connectivity index (χ3v) is 4.01. The molecule has 0 radical (unpaired) electrons. The number of nitro benzene ring substituents is 1. The van der Waals surface area contributed by atoms with Crippen molar-refractivity contribution in [2.45, 2.75) is 13.0 Å². The first-order chi connectivity index (χ1) is 12.8. The van der Waals surface area contributed by atoms with Crippen LogP contribution in [0.2, 0.25) is 0 Å². The number of halogens is 1. The number of benzene rings is 2. The Balaban J connectivity index is 1.94. The smallest absolute Gasteiger partial charge is 0.319 e. The topological polar surface area (TPSA) is 113 Å². The van der Waals surface area contributed by atoms with E-state index >= 15 is 0 Å². The molecule has 9 heteroatoms. The zero-order valence-corrected chi connectivity index (χ0v) is 14.2. The van der Waals surface area contributed by atoms with E-state index in [-0.39, 0.29) is 16.9 Å². The number of carbonyl (C=O) groups excluding carboxylic acids is 2. The Hall–Kier alpha value is -3.75. The zero-order valence-electron chi connectivity index (χ0n) is 14.2. The average molecular weight is 370 g/mol. The molecule has 138 valence electrons. The predicted octanol–water partition coefficient (Wildman–Crippen LogP) is 3.00. The zero-order chi connectivity index (χ0) is 19.6. The standard InChI is InChI=1S/C18H15FN4O4/c1-10-15(17(24)21-13-6-3-7-14(9-13)23(26)27)16(22-18(25)20-10)11-4-2-5-12(19)8-11/h2-9,16H,1H3,(H,21,24)(H2,20,22,25)/t16-/m1/s1. The van der Waals surface area contributed by atoms with Gasteiger partial charge in [0.05, 0.1) is 16.5 Å². The van der Waals surface area contributed by atoms with Gasteiger partial charge in [-0.3, -0.25) is 14.9 Å². The lowest BCUT2D eigenvalue weighted by atomic mass is 9.94. The van der Waals surface area contributed by atoms with Crippen LogP contribution >= 0.6 is 0 Å². The van der Waals surface area contributed by atoms with Gasteiger partial charge >= 0.3 is 6.03 Å². The molecule has 0 spiro atoms. The number of nitrogens with zero attached hydrogens (tertiary/aromatic N) is 1. The molecule has 0 unspecified atom stereocenters. The number of nitrogens with one attached hydrogen (secondary N) is 3. The molecule has 2 aromatic rings. The first kappa shape index (κ1) is 18.1. The second-order valence-corrected chi connectivity index (χ2v) is 5.89. The molecule has 0 aromatic heterocycles. The number of anilines is 1. The molecule has 1 aliphatic rings. The fraction of sp³-hybridized carbons (Fsp3) is 0.111. The van der Waals surface area contributed by atoms with E-state index in [4.69, 9.17) is 0 Å². The lowest BCUT2D eigenvalue weighted by Gasteiger charge is -2.28. The van der Waals surface area contributed by atoms with Gasteiger partial charge in [0.1, 0.15) is 5.82 Å². The van der Waals surface area contributed by atoms with Crippen LogP contribution in [0.25, 0.3) is 0 Å². The van der Waals surface area contributed by atoms with Crippen LogP contribution in [0.4, 0.5) is 20.6 Å². The highest BCUT2D eigenvalue weighted by atomic mass is 19.1. The highest BCUT2D eigenvalue weighted by molar-refractivity contribution is 6.06. The van der Waals surface area contributed by atoms with Crippen LogP contribution in [0.5, 0.6) is 0 Å². The number of allylic oxidation sites excluding steroid dienone is 1. The first-order valence-corrected chi connectivity index (χ1v) is 7.94. The number of rotatable bonds is 4.